The topological polar surface area (TPSA) is 51.2 Å². The normalized spacial score (nSPS) is 17.4. The van der Waals surface area contributed by atoms with Crippen molar-refractivity contribution in [3.8, 4) is 22.6 Å². The minimum atomic E-state index is -4.59. The van der Waals surface area contributed by atoms with Crippen LogP contribution in [0.5, 0.6) is 11.5 Å². The molecule has 0 bridgehead atoms. The van der Waals surface area contributed by atoms with E-state index in [0.29, 0.717) is 24.6 Å². The molecule has 2 aliphatic heterocycles. The van der Waals surface area contributed by atoms with Crippen molar-refractivity contribution < 1.29 is 32.2 Å². The molecule has 0 aliphatic carbocycles. The smallest absolute Gasteiger partial charge is 0.425 e. The molecule has 2 atom stereocenters. The first-order valence-electron chi connectivity index (χ1n) is 12.1. The number of piperazine rings is 1. The van der Waals surface area contributed by atoms with Crippen LogP contribution in [0.1, 0.15) is 24.1 Å². The van der Waals surface area contributed by atoms with E-state index in [1.807, 2.05) is 36.4 Å². The van der Waals surface area contributed by atoms with Gasteiger partial charge in [-0.25, -0.2) is 4.79 Å². The summed E-state index contributed by atoms with van der Waals surface area (Å²) in [6.45, 7) is 2.46. The largest absolute Gasteiger partial charge is 0.454 e. The van der Waals surface area contributed by atoms with Crippen LogP contribution in [-0.2, 0) is 4.74 Å². The Morgan fingerprint density at radius 1 is 0.838 bits per heavy atom. The first kappa shape index (κ1) is 25.0. The molecule has 0 spiro atoms. The zero-order chi connectivity index (χ0) is 26.0. The Labute approximate surface area is 213 Å². The van der Waals surface area contributed by atoms with Crippen molar-refractivity contribution in [1.29, 1.82) is 0 Å². The van der Waals surface area contributed by atoms with Crippen molar-refractivity contribution in [3.05, 3.63) is 83.9 Å². The highest BCUT2D eigenvalue weighted by Crippen LogP contribution is 2.38. The summed E-state index contributed by atoms with van der Waals surface area (Å²) in [5.41, 5.74) is 4.27. The van der Waals surface area contributed by atoms with E-state index >= 15 is 0 Å². The first-order chi connectivity index (χ1) is 17.8. The Kier molecular flexibility index (Phi) is 6.97. The van der Waals surface area contributed by atoms with Gasteiger partial charge >= 0.3 is 12.3 Å². The molecule has 0 aromatic heterocycles. The SMILES string of the molecule is CC(OC(=O)N1CCN(C(c2ccc(-c3ccccc3)cc2)c2ccc3c(c2)OCO3)CC1)C(F)(F)F. The van der Waals surface area contributed by atoms with Crippen LogP contribution in [0.3, 0.4) is 0 Å². The predicted molar refractivity (Wildman–Crippen MR) is 131 cm³/mol. The standard InChI is InChI=1S/C28H27F3N2O4/c1-19(28(29,30)31)37-27(34)33-15-13-32(14-16-33)26(23-11-12-24-25(17-23)36-18-35-24)22-9-7-21(8-10-22)20-5-3-2-4-6-20/h2-12,17,19,26H,13-16,18H2,1H3. The van der Waals surface area contributed by atoms with Gasteiger partial charge in [-0.3, -0.25) is 4.90 Å². The number of carbonyl (C=O) groups excluding carboxylic acids is 1. The number of fused-ring (bicyclic) bond motifs is 1. The lowest BCUT2D eigenvalue weighted by atomic mass is 9.94. The number of nitrogens with zero attached hydrogens (tertiary/aromatic N) is 2. The van der Waals surface area contributed by atoms with E-state index in [9.17, 15) is 18.0 Å². The molecule has 0 radical (unpaired) electrons. The molecule has 1 fully saturated rings. The molecule has 6 nitrogen and oxygen atoms in total. The van der Waals surface area contributed by atoms with Gasteiger partial charge < -0.3 is 19.1 Å². The third-order valence-corrected chi connectivity index (χ3v) is 6.72. The molecular formula is C28H27F3N2O4. The second-order valence-electron chi connectivity index (χ2n) is 9.09. The fourth-order valence-corrected chi connectivity index (χ4v) is 4.64. The van der Waals surface area contributed by atoms with E-state index in [-0.39, 0.29) is 25.9 Å². The lowest BCUT2D eigenvalue weighted by Gasteiger charge is -2.39. The molecule has 37 heavy (non-hydrogen) atoms. The fourth-order valence-electron chi connectivity index (χ4n) is 4.64. The second kappa shape index (κ2) is 10.3. The lowest BCUT2D eigenvalue weighted by molar-refractivity contribution is -0.200. The zero-order valence-electron chi connectivity index (χ0n) is 20.3. The van der Waals surface area contributed by atoms with Crippen molar-refractivity contribution in [2.45, 2.75) is 25.2 Å². The highest BCUT2D eigenvalue weighted by molar-refractivity contribution is 5.68. The summed E-state index contributed by atoms with van der Waals surface area (Å²) >= 11 is 0. The number of hydrogen-bond acceptors (Lipinski definition) is 5. The van der Waals surface area contributed by atoms with E-state index in [1.54, 1.807) is 0 Å². The monoisotopic (exact) mass is 512 g/mol. The number of halogens is 3. The fraction of sp³-hybridized carbons (Fsp3) is 0.321. The number of carbonyl (C=O) groups is 1. The van der Waals surface area contributed by atoms with Crippen LogP contribution in [0.2, 0.25) is 0 Å². The van der Waals surface area contributed by atoms with Crippen molar-refractivity contribution in [1.82, 2.24) is 9.80 Å². The van der Waals surface area contributed by atoms with Crippen molar-refractivity contribution in [2.24, 2.45) is 0 Å². The molecule has 2 unspecified atom stereocenters. The molecular weight excluding hydrogens is 485 g/mol. The average Bonchev–Trinajstić information content (AvgIpc) is 3.38. The van der Waals surface area contributed by atoms with Crippen LogP contribution < -0.4 is 9.47 Å². The van der Waals surface area contributed by atoms with Gasteiger partial charge in [-0.2, -0.15) is 13.2 Å². The molecule has 1 saturated heterocycles. The summed E-state index contributed by atoms with van der Waals surface area (Å²) in [7, 11) is 0. The minimum Gasteiger partial charge on any atom is -0.454 e. The van der Waals surface area contributed by atoms with E-state index in [0.717, 1.165) is 29.2 Å². The van der Waals surface area contributed by atoms with Gasteiger partial charge in [-0.05, 0) is 41.3 Å². The van der Waals surface area contributed by atoms with E-state index < -0.39 is 18.4 Å². The number of rotatable bonds is 5. The zero-order valence-corrected chi connectivity index (χ0v) is 20.3. The Balaban J connectivity index is 1.36. The van der Waals surface area contributed by atoms with Gasteiger partial charge in [0, 0.05) is 26.2 Å². The van der Waals surface area contributed by atoms with Gasteiger partial charge in [-0.1, -0.05) is 60.7 Å². The van der Waals surface area contributed by atoms with Gasteiger partial charge in [0.2, 0.25) is 6.79 Å². The highest BCUT2D eigenvalue weighted by atomic mass is 19.4. The summed E-state index contributed by atoms with van der Waals surface area (Å²) < 4.78 is 54.2. The molecule has 3 aromatic carbocycles. The van der Waals surface area contributed by atoms with E-state index in [2.05, 4.69) is 46.0 Å². The summed E-state index contributed by atoms with van der Waals surface area (Å²) in [5, 5.41) is 0. The Morgan fingerprint density at radius 2 is 1.46 bits per heavy atom. The molecule has 5 rings (SSSR count). The van der Waals surface area contributed by atoms with Gasteiger partial charge in [0.15, 0.2) is 17.6 Å². The van der Waals surface area contributed by atoms with Crippen LogP contribution in [-0.4, -0.2) is 61.1 Å². The van der Waals surface area contributed by atoms with Crippen LogP contribution in [0.15, 0.2) is 72.8 Å². The Morgan fingerprint density at radius 3 is 2.14 bits per heavy atom. The maximum absolute atomic E-state index is 12.8. The number of benzene rings is 3. The first-order valence-corrected chi connectivity index (χ1v) is 12.1. The molecule has 9 heteroatoms. The maximum atomic E-state index is 12.8. The van der Waals surface area contributed by atoms with Crippen LogP contribution in [0.4, 0.5) is 18.0 Å². The quantitative estimate of drug-likeness (QED) is 0.428. The van der Waals surface area contributed by atoms with Crippen molar-refractivity contribution >= 4 is 6.09 Å². The van der Waals surface area contributed by atoms with E-state index in [4.69, 9.17) is 9.47 Å². The van der Waals surface area contributed by atoms with Crippen LogP contribution >= 0.6 is 0 Å². The van der Waals surface area contributed by atoms with E-state index in [1.165, 1.54) is 4.90 Å². The Bertz CT molecular complexity index is 1230. The molecule has 2 heterocycles. The number of ether oxygens (including phenoxy) is 3. The Hall–Kier alpha value is -3.72. The maximum Gasteiger partial charge on any atom is 0.425 e. The molecule has 2 aliphatic rings. The minimum absolute atomic E-state index is 0.147. The highest BCUT2D eigenvalue weighted by Gasteiger charge is 2.40. The average molecular weight is 513 g/mol. The second-order valence-corrected chi connectivity index (χ2v) is 9.09. The summed E-state index contributed by atoms with van der Waals surface area (Å²) in [6.07, 6.45) is -7.69. The van der Waals surface area contributed by atoms with Gasteiger partial charge in [0.25, 0.3) is 0 Å². The predicted octanol–water partition coefficient (Wildman–Crippen LogP) is 5.88. The molecule has 3 aromatic rings. The van der Waals surface area contributed by atoms with Gasteiger partial charge in [-0.15, -0.1) is 0 Å². The number of hydrogen-bond donors (Lipinski definition) is 0. The van der Waals surface area contributed by atoms with Crippen LogP contribution in [0.25, 0.3) is 11.1 Å². The summed E-state index contributed by atoms with van der Waals surface area (Å²) in [6, 6.07) is 24.1. The molecule has 194 valence electrons. The van der Waals surface area contributed by atoms with Crippen molar-refractivity contribution in [2.75, 3.05) is 33.0 Å². The van der Waals surface area contributed by atoms with Gasteiger partial charge in [0.05, 0.1) is 6.04 Å². The lowest BCUT2D eigenvalue weighted by Crippen LogP contribution is -2.51. The van der Waals surface area contributed by atoms with Crippen LogP contribution in [0, 0.1) is 0 Å². The third-order valence-electron chi connectivity index (χ3n) is 6.72. The molecule has 1 amide bonds. The number of amides is 1. The summed E-state index contributed by atoms with van der Waals surface area (Å²) in [4.78, 5) is 15.9. The molecule has 0 saturated carbocycles. The number of alkyl halides is 3. The van der Waals surface area contributed by atoms with Crippen molar-refractivity contribution in [3.63, 3.8) is 0 Å². The third kappa shape index (κ3) is 5.51. The summed E-state index contributed by atoms with van der Waals surface area (Å²) in [5.74, 6) is 1.36. The molecule has 0 N–H and O–H groups in total. The van der Waals surface area contributed by atoms with Gasteiger partial charge in [0.1, 0.15) is 0 Å².